The summed E-state index contributed by atoms with van der Waals surface area (Å²) in [6.07, 6.45) is 12.1. The van der Waals surface area contributed by atoms with Gasteiger partial charge < -0.3 is 19.4 Å². The Bertz CT molecular complexity index is 1050. The van der Waals surface area contributed by atoms with Crippen LogP contribution in [0.15, 0.2) is 31.0 Å². The lowest BCUT2D eigenvalue weighted by molar-refractivity contribution is -0.0852. The quantitative estimate of drug-likeness (QED) is 0.561. The van der Waals surface area contributed by atoms with Crippen molar-refractivity contribution in [3.05, 3.63) is 36.8 Å². The first kappa shape index (κ1) is 22.7. The van der Waals surface area contributed by atoms with Crippen LogP contribution in [0, 0.1) is 0 Å². The number of hydrogen-bond donors (Lipinski definition) is 1. The van der Waals surface area contributed by atoms with Gasteiger partial charge in [0.2, 0.25) is 5.95 Å². The summed E-state index contributed by atoms with van der Waals surface area (Å²) in [6.45, 7) is 6.66. The summed E-state index contributed by atoms with van der Waals surface area (Å²) < 4.78 is 15.8. The van der Waals surface area contributed by atoms with Gasteiger partial charge in [-0.3, -0.25) is 9.58 Å². The van der Waals surface area contributed by atoms with E-state index in [0.717, 1.165) is 50.3 Å². The summed E-state index contributed by atoms with van der Waals surface area (Å²) in [4.78, 5) is 11.2. The van der Waals surface area contributed by atoms with Crippen molar-refractivity contribution in [2.24, 2.45) is 7.05 Å². The number of morpholine rings is 1. The minimum atomic E-state index is 0.276. The van der Waals surface area contributed by atoms with Crippen LogP contribution in [0.1, 0.15) is 51.4 Å². The zero-order valence-electron chi connectivity index (χ0n) is 20.0. The van der Waals surface area contributed by atoms with Crippen molar-refractivity contribution < 1.29 is 9.47 Å². The molecule has 11 nitrogen and oxygen atoms in total. The Balaban J connectivity index is 1.28. The van der Waals surface area contributed by atoms with Crippen molar-refractivity contribution in [3.63, 3.8) is 0 Å². The third-order valence-electron chi connectivity index (χ3n) is 6.66. The maximum absolute atomic E-state index is 6.05. The van der Waals surface area contributed by atoms with Crippen LogP contribution < -0.4 is 10.1 Å². The van der Waals surface area contributed by atoms with Gasteiger partial charge >= 0.3 is 0 Å². The molecule has 1 saturated heterocycles. The first-order valence-electron chi connectivity index (χ1n) is 12.0. The van der Waals surface area contributed by atoms with E-state index in [2.05, 4.69) is 44.2 Å². The van der Waals surface area contributed by atoms with E-state index in [0.29, 0.717) is 36.1 Å². The van der Waals surface area contributed by atoms with Crippen LogP contribution in [0.3, 0.4) is 0 Å². The number of nitrogens with one attached hydrogen (secondary N) is 1. The monoisotopic (exact) mass is 467 g/mol. The van der Waals surface area contributed by atoms with Crippen LogP contribution >= 0.6 is 0 Å². The molecule has 11 heteroatoms. The van der Waals surface area contributed by atoms with E-state index in [4.69, 9.17) is 14.6 Å². The molecule has 3 aromatic heterocycles. The second-order valence-corrected chi connectivity index (χ2v) is 9.35. The molecule has 182 valence electrons. The Morgan fingerprint density at radius 1 is 1.06 bits per heavy atom. The van der Waals surface area contributed by atoms with Crippen LogP contribution in [0.4, 0.5) is 11.6 Å². The van der Waals surface area contributed by atoms with Gasteiger partial charge in [-0.2, -0.15) is 0 Å². The third kappa shape index (κ3) is 5.20. The van der Waals surface area contributed by atoms with Crippen LogP contribution in [-0.4, -0.2) is 70.8 Å². The number of nitrogens with zero attached hydrogens (tertiary/aromatic N) is 8. The molecule has 4 heterocycles. The second-order valence-electron chi connectivity index (χ2n) is 9.35. The standard InChI is InChI=1S/C23H33N9O2/c1-16-11-31(12-17(2)34-16)18-5-7-19(8-6-18)32-13-20(27-23-24-9-4-10-25-23)22(29-32)33-14-21-28-26-15-30(21)3/h4,9-10,13,15-19H,5-8,11-12,14H2,1-3H3,(H,24,25,27)/t16-,17+,18?,19?. The number of anilines is 2. The van der Waals surface area contributed by atoms with Gasteiger partial charge in [0.25, 0.3) is 5.88 Å². The fraction of sp³-hybridized carbons (Fsp3) is 0.609. The molecule has 34 heavy (non-hydrogen) atoms. The molecule has 0 aromatic carbocycles. The van der Waals surface area contributed by atoms with Gasteiger partial charge in [-0.25, -0.2) is 9.97 Å². The maximum Gasteiger partial charge on any atom is 0.257 e. The van der Waals surface area contributed by atoms with E-state index in [9.17, 15) is 0 Å². The Kier molecular flexibility index (Phi) is 6.73. The summed E-state index contributed by atoms with van der Waals surface area (Å²) in [5, 5.41) is 16.1. The average Bonchev–Trinajstić information content (AvgIpc) is 3.43. The molecule has 0 spiro atoms. The smallest absolute Gasteiger partial charge is 0.257 e. The van der Waals surface area contributed by atoms with Gasteiger partial charge in [0.1, 0.15) is 18.6 Å². The summed E-state index contributed by atoms with van der Waals surface area (Å²) in [6, 6.07) is 2.73. The molecule has 2 fully saturated rings. The van der Waals surface area contributed by atoms with Gasteiger partial charge in [-0.1, -0.05) is 0 Å². The van der Waals surface area contributed by atoms with Crippen molar-refractivity contribution >= 4 is 11.6 Å². The van der Waals surface area contributed by atoms with E-state index in [1.165, 1.54) is 0 Å². The molecule has 1 saturated carbocycles. The number of hydrogen-bond acceptors (Lipinski definition) is 9. The molecule has 0 bridgehead atoms. The molecular weight excluding hydrogens is 434 g/mol. The first-order valence-corrected chi connectivity index (χ1v) is 12.0. The molecule has 0 unspecified atom stereocenters. The van der Waals surface area contributed by atoms with E-state index < -0.39 is 0 Å². The molecule has 5 rings (SSSR count). The minimum absolute atomic E-state index is 0.276. The lowest BCUT2D eigenvalue weighted by Crippen LogP contribution is -2.51. The summed E-state index contributed by atoms with van der Waals surface area (Å²) in [5.41, 5.74) is 0.742. The normalized spacial score (nSPS) is 25.9. The number of rotatable bonds is 7. The predicted octanol–water partition coefficient (Wildman–Crippen LogP) is 2.72. The van der Waals surface area contributed by atoms with Crippen molar-refractivity contribution in [2.45, 2.75) is 70.4 Å². The van der Waals surface area contributed by atoms with Crippen molar-refractivity contribution in [1.29, 1.82) is 0 Å². The molecule has 1 aliphatic heterocycles. The van der Waals surface area contributed by atoms with Gasteiger partial charge in [-0.05, 0) is 45.6 Å². The topological polar surface area (TPSA) is 108 Å². The van der Waals surface area contributed by atoms with Crippen LogP contribution in [0.5, 0.6) is 5.88 Å². The molecule has 0 amide bonds. The highest BCUT2D eigenvalue weighted by atomic mass is 16.5. The first-order chi connectivity index (χ1) is 16.5. The molecular formula is C23H33N9O2. The van der Waals surface area contributed by atoms with Crippen LogP contribution in [0.25, 0.3) is 0 Å². The highest BCUT2D eigenvalue weighted by Gasteiger charge is 2.32. The van der Waals surface area contributed by atoms with Crippen molar-refractivity contribution in [3.8, 4) is 5.88 Å². The zero-order valence-corrected chi connectivity index (χ0v) is 20.0. The fourth-order valence-corrected chi connectivity index (χ4v) is 5.01. The van der Waals surface area contributed by atoms with Crippen molar-refractivity contribution in [2.75, 3.05) is 18.4 Å². The minimum Gasteiger partial charge on any atom is -0.467 e. The van der Waals surface area contributed by atoms with Gasteiger partial charge in [0.05, 0.1) is 24.4 Å². The summed E-state index contributed by atoms with van der Waals surface area (Å²) in [7, 11) is 1.89. The van der Waals surface area contributed by atoms with E-state index in [-0.39, 0.29) is 6.61 Å². The SMILES string of the molecule is C[C@@H]1CN(C2CCC(n3cc(Nc4ncccn4)c(OCc4nncn4C)n3)CC2)C[C@H](C)O1. The van der Waals surface area contributed by atoms with E-state index in [1.807, 2.05) is 22.5 Å². The second kappa shape index (κ2) is 10.1. The molecule has 3 aromatic rings. The van der Waals surface area contributed by atoms with Crippen LogP contribution in [-0.2, 0) is 18.4 Å². The van der Waals surface area contributed by atoms with Gasteiger partial charge in [0.15, 0.2) is 5.82 Å². The molecule has 2 atom stereocenters. The molecule has 0 radical (unpaired) electrons. The Morgan fingerprint density at radius 2 is 1.76 bits per heavy atom. The maximum atomic E-state index is 6.05. The molecule has 2 aliphatic rings. The Labute approximate surface area is 199 Å². The average molecular weight is 468 g/mol. The molecule has 1 aliphatic carbocycles. The predicted molar refractivity (Wildman–Crippen MR) is 126 cm³/mol. The largest absolute Gasteiger partial charge is 0.467 e. The molecule has 1 N–H and O–H groups in total. The van der Waals surface area contributed by atoms with Crippen molar-refractivity contribution in [1.82, 2.24) is 39.4 Å². The number of aromatic nitrogens is 7. The summed E-state index contributed by atoms with van der Waals surface area (Å²) >= 11 is 0. The highest BCUT2D eigenvalue weighted by Crippen LogP contribution is 2.35. The number of ether oxygens (including phenoxy) is 2. The number of aryl methyl sites for hydroxylation is 1. The van der Waals surface area contributed by atoms with Gasteiger partial charge in [0, 0.05) is 38.6 Å². The third-order valence-corrected chi connectivity index (χ3v) is 6.66. The lowest BCUT2D eigenvalue weighted by Gasteiger charge is -2.42. The zero-order chi connectivity index (χ0) is 23.5. The Hall–Kier alpha value is -3.05. The summed E-state index contributed by atoms with van der Waals surface area (Å²) in [5.74, 6) is 1.74. The Morgan fingerprint density at radius 3 is 2.44 bits per heavy atom. The van der Waals surface area contributed by atoms with Gasteiger partial charge in [-0.15, -0.1) is 15.3 Å². The fourth-order valence-electron chi connectivity index (χ4n) is 5.01. The van der Waals surface area contributed by atoms with Crippen LogP contribution in [0.2, 0.25) is 0 Å². The van der Waals surface area contributed by atoms with E-state index in [1.54, 1.807) is 24.8 Å². The van der Waals surface area contributed by atoms with E-state index >= 15 is 0 Å². The lowest BCUT2D eigenvalue weighted by atomic mass is 9.89. The highest BCUT2D eigenvalue weighted by molar-refractivity contribution is 5.58.